The van der Waals surface area contributed by atoms with Crippen molar-refractivity contribution in [2.24, 2.45) is 17.8 Å². The molecular weight excluding hydrogens is 530 g/mol. The first kappa shape index (κ1) is 28.4. The number of hydrogen-bond donors (Lipinski definition) is 1. The average Bonchev–Trinajstić information content (AvgIpc) is 3.75. The SMILES string of the molecule is COc1ccc([C@H]2CC[C@H](CN(c3cc(-c4cnn(C5CC5)c4)ccn3)C(=O)[C@H]3CC[C@H](C(=O)O)CC3)CC2)nc1C. The number of aliphatic carboxylic acids is 1. The second-order valence-corrected chi connectivity index (χ2v) is 12.4. The number of carbonyl (C=O) groups is 2. The van der Waals surface area contributed by atoms with Crippen molar-refractivity contribution in [2.45, 2.75) is 83.1 Å². The average molecular weight is 572 g/mol. The summed E-state index contributed by atoms with van der Waals surface area (Å²) >= 11 is 0. The van der Waals surface area contributed by atoms with E-state index in [2.05, 4.69) is 17.4 Å². The van der Waals surface area contributed by atoms with Crippen LogP contribution in [0.1, 0.15) is 87.6 Å². The number of carbonyl (C=O) groups excluding carboxylic acids is 1. The molecule has 9 heteroatoms. The van der Waals surface area contributed by atoms with Crippen molar-refractivity contribution in [3.63, 3.8) is 0 Å². The zero-order valence-electron chi connectivity index (χ0n) is 24.6. The molecule has 0 unspecified atom stereocenters. The summed E-state index contributed by atoms with van der Waals surface area (Å²) in [7, 11) is 1.67. The highest BCUT2D eigenvalue weighted by atomic mass is 16.5. The fourth-order valence-electron chi connectivity index (χ4n) is 6.79. The molecule has 0 atom stereocenters. The number of anilines is 1. The maximum atomic E-state index is 14.1. The maximum absolute atomic E-state index is 14.1. The molecule has 1 amide bonds. The zero-order chi connectivity index (χ0) is 29.2. The van der Waals surface area contributed by atoms with Gasteiger partial charge in [0.05, 0.1) is 31.0 Å². The van der Waals surface area contributed by atoms with Crippen LogP contribution in [0.3, 0.4) is 0 Å². The molecule has 3 aromatic heterocycles. The fraction of sp³-hybridized carbons (Fsp3) is 0.545. The molecular formula is C33H41N5O4. The Bertz CT molecular complexity index is 1420. The van der Waals surface area contributed by atoms with Gasteiger partial charge in [0.25, 0.3) is 0 Å². The predicted octanol–water partition coefficient (Wildman–Crippen LogP) is 6.19. The van der Waals surface area contributed by atoms with Crippen LogP contribution in [-0.4, -0.2) is 50.4 Å². The molecule has 0 aromatic carbocycles. The number of amides is 1. The third-order valence-corrected chi connectivity index (χ3v) is 9.55. The van der Waals surface area contributed by atoms with Crippen LogP contribution >= 0.6 is 0 Å². The van der Waals surface area contributed by atoms with Gasteiger partial charge in [0, 0.05) is 42.0 Å². The number of ether oxygens (including phenoxy) is 1. The van der Waals surface area contributed by atoms with Crippen molar-refractivity contribution in [3.05, 3.63) is 54.2 Å². The first-order chi connectivity index (χ1) is 20.4. The van der Waals surface area contributed by atoms with Crippen molar-refractivity contribution in [1.82, 2.24) is 19.7 Å². The second-order valence-electron chi connectivity index (χ2n) is 12.4. The molecule has 3 aliphatic carbocycles. The summed E-state index contributed by atoms with van der Waals surface area (Å²) < 4.78 is 7.43. The lowest BCUT2D eigenvalue weighted by Crippen LogP contribution is -2.42. The van der Waals surface area contributed by atoms with Crippen LogP contribution in [-0.2, 0) is 9.59 Å². The van der Waals surface area contributed by atoms with Gasteiger partial charge >= 0.3 is 5.97 Å². The molecule has 3 fully saturated rings. The molecule has 0 saturated heterocycles. The molecule has 3 saturated carbocycles. The van der Waals surface area contributed by atoms with Gasteiger partial charge in [0.1, 0.15) is 11.6 Å². The number of pyridine rings is 2. The summed E-state index contributed by atoms with van der Waals surface area (Å²) in [5, 5.41) is 14.0. The first-order valence-electron chi connectivity index (χ1n) is 15.5. The molecule has 0 bridgehead atoms. The first-order valence-corrected chi connectivity index (χ1v) is 15.5. The van der Waals surface area contributed by atoms with E-state index in [1.165, 1.54) is 12.8 Å². The van der Waals surface area contributed by atoms with E-state index in [4.69, 9.17) is 14.7 Å². The van der Waals surface area contributed by atoms with Crippen molar-refractivity contribution < 1.29 is 19.4 Å². The quantitative estimate of drug-likeness (QED) is 0.326. The molecule has 0 spiro atoms. The summed E-state index contributed by atoms with van der Waals surface area (Å²) in [6.45, 7) is 2.61. The molecule has 0 radical (unpaired) electrons. The molecule has 42 heavy (non-hydrogen) atoms. The number of rotatable bonds is 9. The lowest BCUT2D eigenvalue weighted by atomic mass is 9.79. The molecule has 3 heterocycles. The van der Waals surface area contributed by atoms with E-state index in [0.717, 1.165) is 53.9 Å². The standard InChI is InChI=1S/C33H41N5O4/c1-21-30(42-2)14-13-29(36-21)23-5-3-22(4-6-23)19-37(32(39)24-7-9-25(10-8-24)33(40)41)31-17-26(15-16-34-31)27-18-35-38(20-27)28-11-12-28/h13-18,20,22-25,28H,3-12,19H2,1-2H3,(H,40,41)/t22-,23-,24-,25-. The lowest BCUT2D eigenvalue weighted by Gasteiger charge is -2.35. The molecule has 9 nitrogen and oxygen atoms in total. The van der Waals surface area contributed by atoms with E-state index in [0.29, 0.717) is 55.9 Å². The van der Waals surface area contributed by atoms with E-state index in [9.17, 15) is 14.7 Å². The third-order valence-electron chi connectivity index (χ3n) is 9.55. The summed E-state index contributed by atoms with van der Waals surface area (Å²) in [4.78, 5) is 37.0. The minimum Gasteiger partial charge on any atom is -0.495 e. The van der Waals surface area contributed by atoms with Crippen molar-refractivity contribution in [3.8, 4) is 16.9 Å². The molecule has 1 N–H and O–H groups in total. The van der Waals surface area contributed by atoms with Crippen LogP contribution in [0, 0.1) is 24.7 Å². The molecule has 6 rings (SSSR count). The maximum Gasteiger partial charge on any atom is 0.306 e. The molecule has 0 aliphatic heterocycles. The van der Waals surface area contributed by atoms with Gasteiger partial charge < -0.3 is 9.84 Å². The van der Waals surface area contributed by atoms with Crippen LogP contribution in [0.5, 0.6) is 5.75 Å². The van der Waals surface area contributed by atoms with Crippen LogP contribution < -0.4 is 9.64 Å². The fourth-order valence-corrected chi connectivity index (χ4v) is 6.79. The summed E-state index contributed by atoms with van der Waals surface area (Å²) in [6.07, 6.45) is 14.5. The minimum absolute atomic E-state index is 0.0757. The van der Waals surface area contributed by atoms with Gasteiger partial charge in [-0.25, -0.2) is 4.98 Å². The Morgan fingerprint density at radius 2 is 1.71 bits per heavy atom. The molecule has 3 aliphatic rings. The highest BCUT2D eigenvalue weighted by molar-refractivity contribution is 5.95. The smallest absolute Gasteiger partial charge is 0.306 e. The van der Waals surface area contributed by atoms with Gasteiger partial charge in [0.2, 0.25) is 5.91 Å². The number of methoxy groups -OCH3 is 1. The third kappa shape index (κ3) is 6.20. The Kier molecular flexibility index (Phi) is 8.27. The number of aromatic nitrogens is 4. The highest BCUT2D eigenvalue weighted by Gasteiger charge is 2.35. The van der Waals surface area contributed by atoms with Gasteiger partial charge in [-0.3, -0.25) is 24.2 Å². The van der Waals surface area contributed by atoms with Gasteiger partial charge in [-0.05, 0) is 107 Å². The summed E-state index contributed by atoms with van der Waals surface area (Å²) in [5.41, 5.74) is 4.07. The van der Waals surface area contributed by atoms with Crippen molar-refractivity contribution in [1.29, 1.82) is 0 Å². The van der Waals surface area contributed by atoms with Crippen LogP contribution in [0.2, 0.25) is 0 Å². The Hall–Kier alpha value is -3.75. The minimum atomic E-state index is -0.753. The van der Waals surface area contributed by atoms with Crippen LogP contribution in [0.25, 0.3) is 11.1 Å². The van der Waals surface area contributed by atoms with Gasteiger partial charge in [-0.1, -0.05) is 0 Å². The Morgan fingerprint density at radius 3 is 2.38 bits per heavy atom. The second kappa shape index (κ2) is 12.2. The van der Waals surface area contributed by atoms with Crippen molar-refractivity contribution >= 4 is 17.7 Å². The van der Waals surface area contributed by atoms with Crippen LogP contribution in [0.15, 0.2) is 42.9 Å². The Labute approximate surface area is 247 Å². The number of aryl methyl sites for hydroxylation is 1. The topological polar surface area (TPSA) is 110 Å². The van der Waals surface area contributed by atoms with Crippen LogP contribution in [0.4, 0.5) is 5.82 Å². The zero-order valence-corrected chi connectivity index (χ0v) is 24.6. The molecule has 222 valence electrons. The van der Waals surface area contributed by atoms with E-state index in [-0.39, 0.29) is 17.7 Å². The van der Waals surface area contributed by atoms with Crippen molar-refractivity contribution in [2.75, 3.05) is 18.6 Å². The highest BCUT2D eigenvalue weighted by Crippen LogP contribution is 2.39. The largest absolute Gasteiger partial charge is 0.495 e. The molecule has 3 aromatic rings. The summed E-state index contributed by atoms with van der Waals surface area (Å²) in [6, 6.07) is 8.60. The van der Waals surface area contributed by atoms with E-state index >= 15 is 0 Å². The number of carboxylic acids is 1. The summed E-state index contributed by atoms with van der Waals surface area (Å²) in [5.74, 6) is 1.06. The Balaban J connectivity index is 1.19. The van der Waals surface area contributed by atoms with E-state index < -0.39 is 5.97 Å². The monoisotopic (exact) mass is 571 g/mol. The number of nitrogens with zero attached hydrogens (tertiary/aromatic N) is 5. The normalized spacial score (nSPS) is 24.2. The van der Waals surface area contributed by atoms with E-state index in [1.807, 2.05) is 40.9 Å². The van der Waals surface area contributed by atoms with E-state index in [1.54, 1.807) is 13.3 Å². The van der Waals surface area contributed by atoms with Gasteiger partial charge in [0.15, 0.2) is 0 Å². The van der Waals surface area contributed by atoms with Gasteiger partial charge in [-0.15, -0.1) is 0 Å². The number of carboxylic acid groups (broad SMARTS) is 1. The van der Waals surface area contributed by atoms with Gasteiger partial charge in [-0.2, -0.15) is 5.10 Å². The predicted molar refractivity (Wildman–Crippen MR) is 159 cm³/mol. The Morgan fingerprint density at radius 1 is 0.976 bits per heavy atom. The number of hydrogen-bond acceptors (Lipinski definition) is 6. The lowest BCUT2D eigenvalue weighted by molar-refractivity contribution is -0.144.